The van der Waals surface area contributed by atoms with Gasteiger partial charge >= 0.3 is 0 Å². The molecule has 0 unspecified atom stereocenters. The minimum Gasteiger partial charge on any atom is -0.355 e. The molecule has 0 saturated carbocycles. The van der Waals surface area contributed by atoms with Crippen LogP contribution in [0.2, 0.25) is 5.02 Å². The Bertz CT molecular complexity index is 1040. The highest BCUT2D eigenvalue weighted by Crippen LogP contribution is 2.24. The zero-order valence-electron chi connectivity index (χ0n) is 16.1. The number of aromatic nitrogens is 2. The van der Waals surface area contributed by atoms with E-state index < -0.39 is 0 Å². The Balaban J connectivity index is 1.51. The van der Waals surface area contributed by atoms with Gasteiger partial charge in [0.05, 0.1) is 10.9 Å². The third kappa shape index (κ3) is 4.98. The third-order valence-corrected chi connectivity index (χ3v) is 5.05. The second kappa shape index (κ2) is 8.57. The van der Waals surface area contributed by atoms with E-state index in [1.54, 1.807) is 6.07 Å². The smallest absolute Gasteiger partial charge is 0.258 e. The standard InChI is InChI=1S/C22H24ClN3O2/c1-22(2,15-7-5-8-16(23)13-15)14-24-20(27)12-6-11-19-25-18-10-4-3-9-17(18)21(28)26-19/h3-5,7-10,13H,6,11-12,14H2,1-2H3,(H,24,27)(H,25,26,28). The van der Waals surface area contributed by atoms with Crippen molar-refractivity contribution in [2.75, 3.05) is 6.54 Å². The molecular formula is C22H24ClN3O2. The summed E-state index contributed by atoms with van der Waals surface area (Å²) in [6, 6.07) is 14.9. The second-order valence-electron chi connectivity index (χ2n) is 7.55. The number of benzene rings is 2. The summed E-state index contributed by atoms with van der Waals surface area (Å²) in [6.45, 7) is 4.67. The van der Waals surface area contributed by atoms with E-state index in [-0.39, 0.29) is 16.9 Å². The number of carbonyl (C=O) groups is 1. The summed E-state index contributed by atoms with van der Waals surface area (Å²) in [4.78, 5) is 31.6. The number of halogens is 1. The van der Waals surface area contributed by atoms with Crippen molar-refractivity contribution in [3.8, 4) is 0 Å². The van der Waals surface area contributed by atoms with Crippen LogP contribution in [0.15, 0.2) is 53.3 Å². The molecule has 2 aromatic carbocycles. The van der Waals surface area contributed by atoms with Gasteiger partial charge in [-0.1, -0.05) is 49.7 Å². The Labute approximate surface area is 169 Å². The number of nitrogens with one attached hydrogen (secondary N) is 2. The number of para-hydroxylation sites is 1. The fraction of sp³-hybridized carbons (Fsp3) is 0.318. The molecule has 0 spiro atoms. The fourth-order valence-electron chi connectivity index (χ4n) is 3.09. The quantitative estimate of drug-likeness (QED) is 0.632. The van der Waals surface area contributed by atoms with E-state index in [9.17, 15) is 9.59 Å². The van der Waals surface area contributed by atoms with Crippen LogP contribution in [0, 0.1) is 0 Å². The molecule has 0 aliphatic carbocycles. The molecule has 2 N–H and O–H groups in total. The van der Waals surface area contributed by atoms with Crippen molar-refractivity contribution in [1.29, 1.82) is 0 Å². The maximum Gasteiger partial charge on any atom is 0.258 e. The van der Waals surface area contributed by atoms with Gasteiger partial charge in [-0.3, -0.25) is 9.59 Å². The first-order valence-corrected chi connectivity index (χ1v) is 9.74. The first-order valence-electron chi connectivity index (χ1n) is 9.36. The monoisotopic (exact) mass is 397 g/mol. The summed E-state index contributed by atoms with van der Waals surface area (Å²) in [5.74, 6) is 0.592. The SMILES string of the molecule is CC(C)(CNC(=O)CCCc1nc2ccccc2c(=O)[nH]1)c1cccc(Cl)c1. The minimum atomic E-state index is -0.217. The molecule has 3 aromatic rings. The molecule has 0 radical (unpaired) electrons. The zero-order chi connectivity index (χ0) is 20.1. The number of H-pyrrole nitrogens is 1. The summed E-state index contributed by atoms with van der Waals surface area (Å²) < 4.78 is 0. The van der Waals surface area contributed by atoms with Gasteiger partial charge in [-0.25, -0.2) is 4.98 Å². The van der Waals surface area contributed by atoms with Crippen molar-refractivity contribution in [3.63, 3.8) is 0 Å². The minimum absolute atomic E-state index is 0.0155. The molecule has 1 aromatic heterocycles. The molecule has 6 heteroatoms. The van der Waals surface area contributed by atoms with Crippen molar-refractivity contribution in [2.45, 2.75) is 38.5 Å². The molecule has 0 saturated heterocycles. The van der Waals surface area contributed by atoms with Gasteiger partial charge in [-0.2, -0.15) is 0 Å². The van der Waals surface area contributed by atoms with E-state index in [1.807, 2.05) is 42.5 Å². The van der Waals surface area contributed by atoms with Gasteiger partial charge < -0.3 is 10.3 Å². The number of hydrogen-bond donors (Lipinski definition) is 2. The number of aromatic amines is 1. The Hall–Kier alpha value is -2.66. The Kier molecular flexibility index (Phi) is 6.15. The van der Waals surface area contributed by atoms with E-state index >= 15 is 0 Å². The second-order valence-corrected chi connectivity index (χ2v) is 7.99. The average molecular weight is 398 g/mol. The van der Waals surface area contributed by atoms with Crippen LogP contribution in [0.25, 0.3) is 10.9 Å². The van der Waals surface area contributed by atoms with Crippen molar-refractivity contribution in [2.24, 2.45) is 0 Å². The molecule has 5 nitrogen and oxygen atoms in total. The van der Waals surface area contributed by atoms with Crippen LogP contribution in [0.1, 0.15) is 38.1 Å². The molecule has 146 valence electrons. The van der Waals surface area contributed by atoms with Gasteiger partial charge in [-0.15, -0.1) is 0 Å². The lowest BCUT2D eigenvalue weighted by atomic mass is 9.84. The van der Waals surface area contributed by atoms with Crippen molar-refractivity contribution >= 4 is 28.4 Å². The van der Waals surface area contributed by atoms with Crippen LogP contribution < -0.4 is 10.9 Å². The molecule has 0 fully saturated rings. The third-order valence-electron chi connectivity index (χ3n) is 4.81. The van der Waals surface area contributed by atoms with Crippen molar-refractivity contribution < 1.29 is 4.79 Å². The number of hydrogen-bond acceptors (Lipinski definition) is 3. The Morgan fingerprint density at radius 1 is 1.18 bits per heavy atom. The van der Waals surface area contributed by atoms with Gasteiger partial charge in [-0.05, 0) is 36.2 Å². The summed E-state index contributed by atoms with van der Waals surface area (Å²) in [7, 11) is 0. The number of rotatable bonds is 7. The van der Waals surface area contributed by atoms with E-state index in [0.717, 1.165) is 5.56 Å². The average Bonchev–Trinajstić information content (AvgIpc) is 2.67. The summed E-state index contributed by atoms with van der Waals surface area (Å²) >= 11 is 6.07. The van der Waals surface area contributed by atoms with E-state index in [4.69, 9.17) is 11.6 Å². The Morgan fingerprint density at radius 2 is 1.96 bits per heavy atom. The highest BCUT2D eigenvalue weighted by atomic mass is 35.5. The molecule has 0 bridgehead atoms. The van der Waals surface area contributed by atoms with Crippen LogP contribution in [0.4, 0.5) is 0 Å². The number of aryl methyl sites for hydroxylation is 1. The van der Waals surface area contributed by atoms with Crippen LogP contribution in [0.3, 0.4) is 0 Å². The molecule has 0 atom stereocenters. The lowest BCUT2D eigenvalue weighted by Crippen LogP contribution is -2.36. The maximum atomic E-state index is 12.2. The summed E-state index contributed by atoms with van der Waals surface area (Å²) in [6.07, 6.45) is 1.54. The van der Waals surface area contributed by atoms with Gasteiger partial charge in [0.2, 0.25) is 5.91 Å². The predicted octanol–water partition coefficient (Wildman–Crippen LogP) is 3.99. The van der Waals surface area contributed by atoms with Crippen LogP contribution >= 0.6 is 11.6 Å². The van der Waals surface area contributed by atoms with E-state index in [1.165, 1.54) is 0 Å². The highest BCUT2D eigenvalue weighted by molar-refractivity contribution is 6.30. The number of carbonyl (C=O) groups excluding carboxylic acids is 1. The lowest BCUT2D eigenvalue weighted by molar-refractivity contribution is -0.121. The van der Waals surface area contributed by atoms with Crippen LogP contribution in [-0.2, 0) is 16.6 Å². The highest BCUT2D eigenvalue weighted by Gasteiger charge is 2.21. The fourth-order valence-corrected chi connectivity index (χ4v) is 3.28. The van der Waals surface area contributed by atoms with Crippen molar-refractivity contribution in [3.05, 3.63) is 75.3 Å². The van der Waals surface area contributed by atoms with E-state index in [0.29, 0.717) is 47.6 Å². The number of nitrogens with zero attached hydrogens (tertiary/aromatic N) is 1. The first kappa shape index (κ1) is 20.1. The summed E-state index contributed by atoms with van der Waals surface area (Å²) in [5, 5.41) is 4.26. The molecule has 1 amide bonds. The molecule has 0 aliphatic heterocycles. The Morgan fingerprint density at radius 3 is 2.75 bits per heavy atom. The van der Waals surface area contributed by atoms with Crippen LogP contribution in [0.5, 0.6) is 0 Å². The van der Waals surface area contributed by atoms with Gasteiger partial charge in [0.1, 0.15) is 5.82 Å². The predicted molar refractivity (Wildman–Crippen MR) is 113 cm³/mol. The first-order chi connectivity index (χ1) is 13.3. The molecule has 0 aliphatic rings. The normalized spacial score (nSPS) is 11.5. The molecule has 1 heterocycles. The molecule has 28 heavy (non-hydrogen) atoms. The van der Waals surface area contributed by atoms with Gasteiger partial charge in [0.25, 0.3) is 5.56 Å². The number of fused-ring (bicyclic) bond motifs is 1. The molecule has 3 rings (SSSR count). The van der Waals surface area contributed by atoms with Gasteiger partial charge in [0.15, 0.2) is 0 Å². The zero-order valence-corrected chi connectivity index (χ0v) is 16.8. The molecular weight excluding hydrogens is 374 g/mol. The lowest BCUT2D eigenvalue weighted by Gasteiger charge is -2.26. The van der Waals surface area contributed by atoms with Crippen LogP contribution in [-0.4, -0.2) is 22.4 Å². The van der Waals surface area contributed by atoms with E-state index in [2.05, 4.69) is 29.1 Å². The summed E-state index contributed by atoms with van der Waals surface area (Å²) in [5.41, 5.74) is 1.40. The van der Waals surface area contributed by atoms with Gasteiger partial charge in [0, 0.05) is 29.8 Å². The maximum absolute atomic E-state index is 12.2. The largest absolute Gasteiger partial charge is 0.355 e. The number of amides is 1. The van der Waals surface area contributed by atoms with Crippen molar-refractivity contribution in [1.82, 2.24) is 15.3 Å². The topological polar surface area (TPSA) is 74.8 Å².